The summed E-state index contributed by atoms with van der Waals surface area (Å²) in [6.45, 7) is 11.4. The van der Waals surface area contributed by atoms with Gasteiger partial charge in [0, 0.05) is 44.9 Å². The first-order chi connectivity index (χ1) is 32.7. The van der Waals surface area contributed by atoms with Crippen molar-refractivity contribution in [1.29, 1.82) is 0 Å². The Kier molecular flexibility index (Phi) is 21.4. The lowest BCUT2D eigenvalue weighted by Gasteiger charge is -2.36. The molecule has 0 aromatic heterocycles. The number of benzene rings is 4. The van der Waals surface area contributed by atoms with Crippen molar-refractivity contribution < 1.29 is 61.5 Å². The van der Waals surface area contributed by atoms with Crippen molar-refractivity contribution in [2.75, 3.05) is 56.9 Å². The first-order valence-corrected chi connectivity index (χ1v) is 27.1. The first kappa shape index (κ1) is 56.5. The first-order valence-electron chi connectivity index (χ1n) is 23.1. The number of aryl methyl sites for hydroxylation is 4. The van der Waals surface area contributed by atoms with Gasteiger partial charge in [0.1, 0.15) is 23.0 Å². The molecule has 0 unspecified atom stereocenters. The number of ether oxygens (including phenoxy) is 8. The van der Waals surface area contributed by atoms with Crippen LogP contribution in [-0.2, 0) is 94.1 Å². The molecule has 69 heavy (non-hydrogen) atoms. The van der Waals surface area contributed by atoms with Crippen LogP contribution < -0.4 is 18.9 Å². The fraction of sp³-hybridized carbons (Fsp3) is 0.481. The highest BCUT2D eigenvalue weighted by molar-refractivity contribution is 14.1. The number of hydrogen-bond acceptors (Lipinski definition) is 13. The van der Waals surface area contributed by atoms with E-state index in [0.29, 0.717) is 74.6 Å². The van der Waals surface area contributed by atoms with Crippen molar-refractivity contribution in [1.82, 2.24) is 0 Å². The zero-order valence-electron chi connectivity index (χ0n) is 42.8. The van der Waals surface area contributed by atoms with Crippen LogP contribution in [0.4, 0.5) is 0 Å². The second-order valence-corrected chi connectivity index (χ2v) is 24.4. The van der Waals surface area contributed by atoms with Crippen molar-refractivity contribution in [3.8, 4) is 23.0 Å². The number of rotatable bonds is 25. The largest absolute Gasteiger partial charge is 0.496 e. The van der Waals surface area contributed by atoms with Gasteiger partial charge in [-0.05, 0) is 158 Å². The molecule has 376 valence electrons. The van der Waals surface area contributed by atoms with Crippen LogP contribution in [0.3, 0.4) is 0 Å². The average molecular weight is 1080 g/mol. The number of esters is 4. The number of halogens is 1. The minimum atomic E-state index is -2.12. The fourth-order valence-corrected chi connectivity index (χ4v) is 9.64. The van der Waals surface area contributed by atoms with Crippen molar-refractivity contribution in [2.45, 2.75) is 116 Å². The van der Waals surface area contributed by atoms with E-state index in [2.05, 4.69) is 74.7 Å². The third-order valence-electron chi connectivity index (χ3n) is 13.1. The molecule has 4 aromatic rings. The van der Waals surface area contributed by atoms with Gasteiger partial charge in [0.15, 0.2) is 8.32 Å². The predicted octanol–water partition coefficient (Wildman–Crippen LogP) is 10.0. The summed E-state index contributed by atoms with van der Waals surface area (Å²) in [5.41, 5.74) is 10.2. The van der Waals surface area contributed by atoms with Gasteiger partial charge in [-0.25, -0.2) is 0 Å². The maximum atomic E-state index is 12.7. The molecule has 0 saturated heterocycles. The molecule has 0 aliphatic carbocycles. The summed E-state index contributed by atoms with van der Waals surface area (Å²) in [7, 11) is 9.95. The van der Waals surface area contributed by atoms with Crippen molar-refractivity contribution in [2.24, 2.45) is 0 Å². The van der Waals surface area contributed by atoms with Gasteiger partial charge < -0.3 is 42.3 Å². The Labute approximate surface area is 423 Å². The van der Waals surface area contributed by atoms with Gasteiger partial charge in [-0.1, -0.05) is 39.0 Å². The van der Waals surface area contributed by atoms with Gasteiger partial charge in [-0.2, -0.15) is 0 Å². The minimum absolute atomic E-state index is 0.00472. The highest BCUT2D eigenvalue weighted by atomic mass is 127. The van der Waals surface area contributed by atoms with Crippen LogP contribution in [0.5, 0.6) is 23.0 Å². The summed E-state index contributed by atoms with van der Waals surface area (Å²) in [6.07, 6.45) is 3.76. The summed E-state index contributed by atoms with van der Waals surface area (Å²) < 4.78 is 51.7. The maximum absolute atomic E-state index is 12.7. The van der Waals surface area contributed by atoms with E-state index >= 15 is 0 Å². The lowest BCUT2D eigenvalue weighted by molar-refractivity contribution is -0.141. The number of carbonyl (C=O) groups excluding carboxylic acids is 4. The predicted molar refractivity (Wildman–Crippen MR) is 276 cm³/mol. The average Bonchev–Trinajstić information content (AvgIpc) is 3.33. The molecular formula is C54H71IO13Si. The molecule has 0 bridgehead atoms. The summed E-state index contributed by atoms with van der Waals surface area (Å²) in [4.78, 5) is 49.9. The van der Waals surface area contributed by atoms with Gasteiger partial charge in [0.2, 0.25) is 0 Å². The monoisotopic (exact) mass is 1080 g/mol. The van der Waals surface area contributed by atoms with Crippen LogP contribution in [0, 0.1) is 3.57 Å². The summed E-state index contributed by atoms with van der Waals surface area (Å²) in [5, 5.41) is 0.00472. The summed E-state index contributed by atoms with van der Waals surface area (Å²) in [6, 6.07) is 16.3. The minimum Gasteiger partial charge on any atom is -0.496 e. The molecule has 0 heterocycles. The second kappa shape index (κ2) is 26.2. The molecule has 0 fully saturated rings. The standard InChI is InChI=1S/C54H71IO13Si/c1-54(2,3)69(12,13)68-33-44-32-48(62-6)43(24-36(44)16-20-52(58)66-10)26-39-30-46(60-4)41(22-34(39)14-18-50(56)64-8)25-38-29-47(61-5)42(23-35(38)15-19-51(57)65-9)27-40-31-49(63-7)45(55)28-37(40)17-21-53(59)67-11/h22-24,28-32H,14-21,25-27,33H2,1-13H3. The Hall–Kier alpha value is -5.13. The second-order valence-electron chi connectivity index (χ2n) is 18.4. The quantitative estimate of drug-likeness (QED) is 0.0268. The van der Waals surface area contributed by atoms with E-state index in [9.17, 15) is 19.2 Å². The lowest BCUT2D eigenvalue weighted by Crippen LogP contribution is -2.40. The van der Waals surface area contributed by atoms with Gasteiger partial charge in [0.05, 0.1) is 67.1 Å². The van der Waals surface area contributed by atoms with Crippen LogP contribution in [0.25, 0.3) is 0 Å². The molecule has 4 rings (SSSR count). The molecule has 0 radical (unpaired) electrons. The smallest absolute Gasteiger partial charge is 0.305 e. The van der Waals surface area contributed by atoms with Gasteiger partial charge in [-0.15, -0.1) is 0 Å². The normalized spacial score (nSPS) is 11.4. The molecule has 0 spiro atoms. The van der Waals surface area contributed by atoms with Gasteiger partial charge in [0.25, 0.3) is 0 Å². The summed E-state index contributed by atoms with van der Waals surface area (Å²) >= 11 is 2.23. The van der Waals surface area contributed by atoms with E-state index in [-0.39, 0.29) is 54.6 Å². The molecule has 0 aliphatic rings. The molecule has 0 aliphatic heterocycles. The molecule has 0 atom stereocenters. The van der Waals surface area contributed by atoms with E-state index in [0.717, 1.165) is 64.8 Å². The number of carbonyl (C=O) groups is 4. The van der Waals surface area contributed by atoms with E-state index in [1.807, 2.05) is 30.3 Å². The van der Waals surface area contributed by atoms with Crippen molar-refractivity contribution >= 4 is 54.8 Å². The van der Waals surface area contributed by atoms with E-state index in [4.69, 9.17) is 42.3 Å². The molecule has 13 nitrogen and oxygen atoms in total. The Morgan fingerprint density at radius 3 is 1.01 bits per heavy atom. The lowest BCUT2D eigenvalue weighted by atomic mass is 9.88. The van der Waals surface area contributed by atoms with Gasteiger partial charge >= 0.3 is 23.9 Å². The van der Waals surface area contributed by atoms with E-state index in [1.54, 1.807) is 28.4 Å². The Balaban J connectivity index is 1.86. The zero-order chi connectivity index (χ0) is 51.1. The maximum Gasteiger partial charge on any atom is 0.305 e. The highest BCUT2D eigenvalue weighted by Gasteiger charge is 2.37. The SMILES string of the molecule is COC(=O)CCc1cc(Cc2cc(OC)c(Cc3cc(OC)c(Cc4cc(OC)c(I)cc4CCC(=O)OC)cc3CCC(=O)OC)cc2CCC(=O)OC)c(OC)cc1CO[Si](C)(C)C(C)(C)C. The third kappa shape index (κ3) is 15.7. The molecule has 0 amide bonds. The highest BCUT2D eigenvalue weighted by Crippen LogP contribution is 2.39. The topological polar surface area (TPSA) is 151 Å². The molecule has 15 heteroatoms. The van der Waals surface area contributed by atoms with E-state index in [1.165, 1.54) is 28.4 Å². The molecule has 0 N–H and O–H groups in total. The Morgan fingerprint density at radius 1 is 0.420 bits per heavy atom. The third-order valence-corrected chi connectivity index (χ3v) is 18.4. The van der Waals surface area contributed by atoms with Crippen LogP contribution in [0.15, 0.2) is 48.5 Å². The van der Waals surface area contributed by atoms with Crippen LogP contribution in [0.1, 0.15) is 108 Å². The molecule has 0 saturated carbocycles. The molecule has 4 aromatic carbocycles. The Bertz CT molecular complexity index is 2440. The van der Waals surface area contributed by atoms with Crippen molar-refractivity contribution in [3.63, 3.8) is 0 Å². The van der Waals surface area contributed by atoms with E-state index < -0.39 is 8.32 Å². The Morgan fingerprint density at radius 2 is 0.710 bits per heavy atom. The summed E-state index contributed by atoms with van der Waals surface area (Å²) in [5.74, 6) is 1.41. The van der Waals surface area contributed by atoms with Crippen LogP contribution >= 0.6 is 22.6 Å². The molecular weight excluding hydrogens is 1010 g/mol. The number of hydrogen-bond donors (Lipinski definition) is 0. The number of methoxy groups -OCH3 is 8. The zero-order valence-corrected chi connectivity index (χ0v) is 45.9. The van der Waals surface area contributed by atoms with Gasteiger partial charge in [-0.3, -0.25) is 19.2 Å². The van der Waals surface area contributed by atoms with Crippen LogP contribution in [-0.4, -0.2) is 89.1 Å². The van der Waals surface area contributed by atoms with Crippen molar-refractivity contribution in [3.05, 3.63) is 113 Å². The van der Waals surface area contributed by atoms with Crippen LogP contribution in [0.2, 0.25) is 18.1 Å². The fourth-order valence-electron chi connectivity index (χ4n) is 7.94.